The minimum absolute atomic E-state index is 0. The van der Waals surface area contributed by atoms with Crippen molar-refractivity contribution in [3.05, 3.63) is 43.6 Å². The average Bonchev–Trinajstić information content (AvgIpc) is 3.29. The highest BCUT2D eigenvalue weighted by Gasteiger charge is 2.26. The number of nitrogens with zero attached hydrogens (tertiary/aromatic N) is 3. The minimum atomic E-state index is -0.167. The molecule has 10 heteroatoms. The van der Waals surface area contributed by atoms with Crippen LogP contribution in [0.3, 0.4) is 0 Å². The van der Waals surface area contributed by atoms with Crippen molar-refractivity contribution in [2.24, 2.45) is 0 Å². The third-order valence-electron chi connectivity index (χ3n) is 5.18. The molecule has 3 heterocycles. The van der Waals surface area contributed by atoms with Crippen molar-refractivity contribution in [1.82, 2.24) is 9.88 Å². The number of thiophene rings is 1. The molecule has 1 saturated heterocycles. The van der Waals surface area contributed by atoms with Crippen molar-refractivity contribution < 1.29 is 9.53 Å². The molecule has 0 saturated carbocycles. The van der Waals surface area contributed by atoms with Gasteiger partial charge >= 0.3 is 0 Å². The maximum absolute atomic E-state index is 13.4. The van der Waals surface area contributed by atoms with Crippen molar-refractivity contribution >= 4 is 79.5 Å². The van der Waals surface area contributed by atoms with Gasteiger partial charge in [0.05, 0.1) is 33.3 Å². The van der Waals surface area contributed by atoms with Gasteiger partial charge in [0.15, 0.2) is 5.13 Å². The van der Waals surface area contributed by atoms with Gasteiger partial charge in [-0.05, 0) is 37.1 Å². The number of hydrogen-bond acceptors (Lipinski definition) is 6. The molecular formula is C20H22Cl3N3O2S2. The van der Waals surface area contributed by atoms with Crippen molar-refractivity contribution in [3.8, 4) is 0 Å². The molecule has 1 aromatic carbocycles. The Morgan fingerprint density at radius 3 is 2.63 bits per heavy atom. The number of fused-ring (bicyclic) bond motifs is 1. The van der Waals surface area contributed by atoms with Gasteiger partial charge in [0.25, 0.3) is 5.91 Å². The molecule has 0 unspecified atom stereocenters. The summed E-state index contributed by atoms with van der Waals surface area (Å²) in [7, 11) is 0. The molecular weight excluding hydrogens is 485 g/mol. The normalized spacial score (nSPS) is 14.7. The molecule has 162 valence electrons. The first-order valence-electron chi connectivity index (χ1n) is 9.37. The number of rotatable bonds is 5. The van der Waals surface area contributed by atoms with E-state index in [-0.39, 0.29) is 18.3 Å². The van der Waals surface area contributed by atoms with E-state index < -0.39 is 0 Å². The van der Waals surface area contributed by atoms with Gasteiger partial charge in [-0.2, -0.15) is 0 Å². The maximum Gasteiger partial charge on any atom is 0.262 e. The first kappa shape index (κ1) is 23.7. The Hall–Kier alpha value is -0.930. The fraction of sp³-hybridized carbons (Fsp3) is 0.400. The highest BCUT2D eigenvalue weighted by atomic mass is 35.5. The second-order valence-corrected chi connectivity index (χ2v) is 10.3. The van der Waals surface area contributed by atoms with Gasteiger partial charge in [0, 0.05) is 26.2 Å². The van der Waals surface area contributed by atoms with Crippen molar-refractivity contribution in [2.45, 2.75) is 13.8 Å². The van der Waals surface area contributed by atoms with Crippen LogP contribution in [0.25, 0.3) is 10.2 Å². The second-order valence-electron chi connectivity index (χ2n) is 7.00. The smallest absolute Gasteiger partial charge is 0.262 e. The van der Waals surface area contributed by atoms with Crippen LogP contribution < -0.4 is 4.90 Å². The number of morpholine rings is 1. The Morgan fingerprint density at radius 1 is 1.23 bits per heavy atom. The fourth-order valence-electron chi connectivity index (χ4n) is 3.31. The van der Waals surface area contributed by atoms with Gasteiger partial charge in [-0.25, -0.2) is 4.98 Å². The number of aryl methyl sites for hydroxylation is 2. The monoisotopic (exact) mass is 505 g/mol. The molecule has 1 aliphatic rings. The molecule has 0 aliphatic carbocycles. The van der Waals surface area contributed by atoms with E-state index in [1.54, 1.807) is 11.0 Å². The first-order valence-corrected chi connectivity index (χ1v) is 11.8. The van der Waals surface area contributed by atoms with E-state index in [0.717, 1.165) is 48.6 Å². The number of amides is 1. The molecule has 0 radical (unpaired) electrons. The van der Waals surface area contributed by atoms with Gasteiger partial charge in [-0.3, -0.25) is 14.6 Å². The summed E-state index contributed by atoms with van der Waals surface area (Å²) in [6.45, 7) is 8.59. The molecule has 0 atom stereocenters. The molecule has 3 aromatic rings. The predicted octanol–water partition coefficient (Wildman–Crippen LogP) is 5.68. The topological polar surface area (TPSA) is 45.7 Å². The van der Waals surface area contributed by atoms with Gasteiger partial charge in [0.2, 0.25) is 0 Å². The Balaban J connectivity index is 0.00000256. The summed E-state index contributed by atoms with van der Waals surface area (Å²) in [6, 6.07) is 5.80. The number of carbonyl (C=O) groups excluding carboxylic acids is 1. The lowest BCUT2D eigenvalue weighted by molar-refractivity contribution is 0.0391. The van der Waals surface area contributed by atoms with Crippen LogP contribution in [0.1, 0.15) is 21.5 Å². The number of carbonyl (C=O) groups is 1. The fourth-order valence-corrected chi connectivity index (χ4v) is 5.81. The number of ether oxygens (including phenoxy) is 1. The third kappa shape index (κ3) is 4.93. The highest BCUT2D eigenvalue weighted by molar-refractivity contribution is 7.22. The number of anilines is 1. The molecule has 5 nitrogen and oxygen atoms in total. The van der Waals surface area contributed by atoms with Crippen LogP contribution in [0.4, 0.5) is 5.13 Å². The lowest BCUT2D eigenvalue weighted by Crippen LogP contribution is -2.43. The van der Waals surface area contributed by atoms with Crippen LogP contribution in [-0.4, -0.2) is 55.2 Å². The number of hydrogen-bond donors (Lipinski definition) is 0. The molecule has 0 spiro atoms. The largest absolute Gasteiger partial charge is 0.379 e. The van der Waals surface area contributed by atoms with Crippen LogP contribution in [0.5, 0.6) is 0 Å². The molecule has 2 aromatic heterocycles. The molecule has 30 heavy (non-hydrogen) atoms. The zero-order valence-electron chi connectivity index (χ0n) is 16.6. The second kappa shape index (κ2) is 10.1. The van der Waals surface area contributed by atoms with E-state index in [0.29, 0.717) is 25.9 Å². The standard InChI is InChI=1S/C20H21Cl2N3O2S2.ClH/c1-12-3-4-15-17(13(12)2)23-20(28-15)25(6-5-24-7-9-27-10-8-24)19(26)14-11-16(21)29-18(14)22;/h3-4,11H,5-10H2,1-2H3;1H. The predicted molar refractivity (Wildman–Crippen MR) is 130 cm³/mol. The summed E-state index contributed by atoms with van der Waals surface area (Å²) in [5.41, 5.74) is 3.70. The molecule has 1 aliphatic heterocycles. The zero-order valence-corrected chi connectivity index (χ0v) is 20.6. The zero-order chi connectivity index (χ0) is 20.5. The van der Waals surface area contributed by atoms with E-state index in [1.807, 2.05) is 0 Å². The van der Waals surface area contributed by atoms with Crippen LogP contribution in [0, 0.1) is 13.8 Å². The number of thiazole rings is 1. The maximum atomic E-state index is 13.4. The quantitative estimate of drug-likeness (QED) is 0.446. The van der Waals surface area contributed by atoms with Gasteiger partial charge in [-0.15, -0.1) is 23.7 Å². The third-order valence-corrected chi connectivity index (χ3v) is 7.71. The summed E-state index contributed by atoms with van der Waals surface area (Å²) in [4.78, 5) is 22.3. The highest BCUT2D eigenvalue weighted by Crippen LogP contribution is 2.36. The molecule has 0 bridgehead atoms. The SMILES string of the molecule is Cc1ccc2sc(N(CCN3CCOCC3)C(=O)c3cc(Cl)sc3Cl)nc2c1C.Cl. The van der Waals surface area contributed by atoms with Crippen molar-refractivity contribution in [3.63, 3.8) is 0 Å². The summed E-state index contributed by atoms with van der Waals surface area (Å²) < 4.78 is 7.41. The summed E-state index contributed by atoms with van der Waals surface area (Å²) in [5, 5.41) is 0.686. The van der Waals surface area contributed by atoms with Crippen LogP contribution in [-0.2, 0) is 4.74 Å². The van der Waals surface area contributed by atoms with Gasteiger partial charge < -0.3 is 4.74 Å². The summed E-state index contributed by atoms with van der Waals surface area (Å²) in [5.74, 6) is -0.167. The van der Waals surface area contributed by atoms with E-state index in [1.165, 1.54) is 28.2 Å². The molecule has 4 rings (SSSR count). The molecule has 1 fully saturated rings. The van der Waals surface area contributed by atoms with Gasteiger partial charge in [0.1, 0.15) is 4.34 Å². The average molecular weight is 507 g/mol. The molecule has 1 amide bonds. The van der Waals surface area contributed by atoms with Gasteiger partial charge in [-0.1, -0.05) is 40.6 Å². The van der Waals surface area contributed by atoms with Crippen LogP contribution in [0.15, 0.2) is 18.2 Å². The number of halogens is 3. The Morgan fingerprint density at radius 2 is 1.97 bits per heavy atom. The van der Waals surface area contributed by atoms with Crippen LogP contribution in [0.2, 0.25) is 8.67 Å². The van der Waals surface area contributed by atoms with Crippen molar-refractivity contribution in [1.29, 1.82) is 0 Å². The Kier molecular flexibility index (Phi) is 8.01. The van der Waals surface area contributed by atoms with E-state index in [4.69, 9.17) is 32.9 Å². The summed E-state index contributed by atoms with van der Waals surface area (Å²) >= 11 is 15.1. The van der Waals surface area contributed by atoms with E-state index in [9.17, 15) is 4.79 Å². The Bertz CT molecular complexity index is 1050. The number of aromatic nitrogens is 1. The lowest BCUT2D eigenvalue weighted by Gasteiger charge is -2.29. The van der Waals surface area contributed by atoms with Crippen LogP contribution >= 0.6 is 58.3 Å². The first-order chi connectivity index (χ1) is 13.9. The van der Waals surface area contributed by atoms with E-state index in [2.05, 4.69) is 30.9 Å². The number of benzene rings is 1. The minimum Gasteiger partial charge on any atom is -0.379 e. The molecule has 0 N–H and O–H groups in total. The Labute approximate surface area is 200 Å². The van der Waals surface area contributed by atoms with E-state index >= 15 is 0 Å². The lowest BCUT2D eigenvalue weighted by atomic mass is 10.1. The van der Waals surface area contributed by atoms with Crippen molar-refractivity contribution in [2.75, 3.05) is 44.3 Å². The summed E-state index contributed by atoms with van der Waals surface area (Å²) in [6.07, 6.45) is 0.